The molecule has 102 valence electrons. The summed E-state index contributed by atoms with van der Waals surface area (Å²) in [5.41, 5.74) is -0.0267. The maximum atomic E-state index is 5.49. The fraction of sp³-hybridized carbons (Fsp3) is 1.00. The van der Waals surface area contributed by atoms with Crippen LogP contribution in [0.1, 0.15) is 40.5 Å². The van der Waals surface area contributed by atoms with Gasteiger partial charge in [-0.05, 0) is 53.1 Å². The van der Waals surface area contributed by atoms with Crippen LogP contribution in [0.2, 0.25) is 0 Å². The summed E-state index contributed by atoms with van der Waals surface area (Å²) in [6.45, 7) is 11.3. The standard InChI is InChI=1S/C14H30N2O/c1-11-10-16(5)8-7-13(11)15-12(2)9-14(3,4)17-6/h11-13,15H,7-10H2,1-6H3. The van der Waals surface area contributed by atoms with Crippen molar-refractivity contribution < 1.29 is 4.74 Å². The summed E-state index contributed by atoms with van der Waals surface area (Å²) in [7, 11) is 4.01. The molecule has 0 aromatic carbocycles. The normalized spacial score (nSPS) is 29.3. The van der Waals surface area contributed by atoms with Crippen LogP contribution >= 0.6 is 0 Å². The van der Waals surface area contributed by atoms with E-state index in [4.69, 9.17) is 4.74 Å². The zero-order valence-electron chi connectivity index (χ0n) is 12.4. The summed E-state index contributed by atoms with van der Waals surface area (Å²) in [6, 6.07) is 1.18. The van der Waals surface area contributed by atoms with Crippen molar-refractivity contribution in [3.63, 3.8) is 0 Å². The number of likely N-dealkylation sites (tertiary alicyclic amines) is 1. The number of hydrogen-bond acceptors (Lipinski definition) is 3. The quantitative estimate of drug-likeness (QED) is 0.799. The monoisotopic (exact) mass is 242 g/mol. The summed E-state index contributed by atoms with van der Waals surface area (Å²) in [6.07, 6.45) is 2.32. The Kier molecular flexibility index (Phi) is 5.42. The first kappa shape index (κ1) is 14.9. The predicted octanol–water partition coefficient (Wildman–Crippen LogP) is 2.12. The van der Waals surface area contributed by atoms with Crippen molar-refractivity contribution in [2.45, 2.75) is 58.2 Å². The van der Waals surface area contributed by atoms with Crippen molar-refractivity contribution in [1.29, 1.82) is 0 Å². The van der Waals surface area contributed by atoms with E-state index in [9.17, 15) is 0 Å². The minimum atomic E-state index is -0.0267. The smallest absolute Gasteiger partial charge is 0.0637 e. The van der Waals surface area contributed by atoms with Gasteiger partial charge in [-0.2, -0.15) is 0 Å². The minimum Gasteiger partial charge on any atom is -0.379 e. The fourth-order valence-corrected chi connectivity index (χ4v) is 2.85. The Bertz CT molecular complexity index is 230. The van der Waals surface area contributed by atoms with E-state index in [2.05, 4.69) is 45.0 Å². The van der Waals surface area contributed by atoms with Crippen LogP contribution < -0.4 is 5.32 Å². The summed E-state index contributed by atoms with van der Waals surface area (Å²) in [5, 5.41) is 3.77. The highest BCUT2D eigenvalue weighted by Crippen LogP contribution is 2.19. The molecule has 1 rings (SSSR count). The van der Waals surface area contributed by atoms with Crippen LogP contribution in [0.25, 0.3) is 0 Å². The number of nitrogens with one attached hydrogen (secondary N) is 1. The van der Waals surface area contributed by atoms with Gasteiger partial charge in [-0.3, -0.25) is 0 Å². The number of methoxy groups -OCH3 is 1. The number of rotatable bonds is 5. The SMILES string of the molecule is COC(C)(C)CC(C)NC1CCN(C)CC1C. The molecule has 1 N–H and O–H groups in total. The fourth-order valence-electron chi connectivity index (χ4n) is 2.85. The summed E-state index contributed by atoms with van der Waals surface area (Å²) >= 11 is 0. The third-order valence-electron chi connectivity index (χ3n) is 3.96. The zero-order valence-corrected chi connectivity index (χ0v) is 12.4. The minimum absolute atomic E-state index is 0.0267. The van der Waals surface area contributed by atoms with E-state index < -0.39 is 0 Å². The van der Waals surface area contributed by atoms with Crippen molar-refractivity contribution >= 4 is 0 Å². The van der Waals surface area contributed by atoms with E-state index in [0.717, 1.165) is 12.3 Å². The molecule has 1 aliphatic heterocycles. The molecule has 1 heterocycles. The van der Waals surface area contributed by atoms with Crippen molar-refractivity contribution in [3.05, 3.63) is 0 Å². The summed E-state index contributed by atoms with van der Waals surface area (Å²) in [5.74, 6) is 0.738. The Labute approximate surface area is 107 Å². The van der Waals surface area contributed by atoms with Crippen molar-refractivity contribution in [2.75, 3.05) is 27.2 Å². The molecule has 0 aromatic heterocycles. The molecule has 3 unspecified atom stereocenters. The molecule has 1 saturated heterocycles. The van der Waals surface area contributed by atoms with Crippen molar-refractivity contribution in [2.24, 2.45) is 5.92 Å². The molecule has 17 heavy (non-hydrogen) atoms. The second-order valence-corrected chi connectivity index (χ2v) is 6.37. The molecule has 3 heteroatoms. The van der Waals surface area contributed by atoms with E-state index in [0.29, 0.717) is 12.1 Å². The van der Waals surface area contributed by atoms with Gasteiger partial charge in [0.1, 0.15) is 0 Å². The average molecular weight is 242 g/mol. The van der Waals surface area contributed by atoms with E-state index in [1.807, 2.05) is 0 Å². The molecule has 0 bridgehead atoms. The first-order valence-electron chi connectivity index (χ1n) is 6.84. The molecule has 0 radical (unpaired) electrons. The molecule has 0 saturated carbocycles. The van der Waals surface area contributed by atoms with Crippen molar-refractivity contribution in [3.8, 4) is 0 Å². The highest BCUT2D eigenvalue weighted by molar-refractivity contribution is 4.85. The molecule has 0 aromatic rings. The second-order valence-electron chi connectivity index (χ2n) is 6.37. The van der Waals surface area contributed by atoms with Crippen LogP contribution in [0.4, 0.5) is 0 Å². The Morgan fingerprint density at radius 3 is 2.65 bits per heavy atom. The molecular weight excluding hydrogens is 212 g/mol. The Morgan fingerprint density at radius 1 is 1.47 bits per heavy atom. The Morgan fingerprint density at radius 2 is 2.12 bits per heavy atom. The van der Waals surface area contributed by atoms with Gasteiger partial charge in [-0.25, -0.2) is 0 Å². The van der Waals surface area contributed by atoms with Gasteiger partial charge in [0, 0.05) is 25.7 Å². The molecule has 0 spiro atoms. The lowest BCUT2D eigenvalue weighted by Crippen LogP contribution is -2.50. The molecular formula is C14H30N2O. The number of hydrogen-bond donors (Lipinski definition) is 1. The molecule has 0 amide bonds. The first-order chi connectivity index (χ1) is 7.84. The molecule has 0 aliphatic carbocycles. The Hall–Kier alpha value is -0.120. The van der Waals surface area contributed by atoms with E-state index >= 15 is 0 Å². The van der Waals surface area contributed by atoms with Gasteiger partial charge in [-0.15, -0.1) is 0 Å². The maximum Gasteiger partial charge on any atom is 0.0637 e. The van der Waals surface area contributed by atoms with Gasteiger partial charge in [0.2, 0.25) is 0 Å². The highest BCUT2D eigenvalue weighted by atomic mass is 16.5. The first-order valence-corrected chi connectivity index (χ1v) is 6.84. The summed E-state index contributed by atoms with van der Waals surface area (Å²) < 4.78 is 5.49. The van der Waals surface area contributed by atoms with Crippen LogP contribution in [-0.4, -0.2) is 49.8 Å². The highest BCUT2D eigenvalue weighted by Gasteiger charge is 2.27. The lowest BCUT2D eigenvalue weighted by Gasteiger charge is -2.38. The maximum absolute atomic E-state index is 5.49. The van der Waals surface area contributed by atoms with Crippen molar-refractivity contribution in [1.82, 2.24) is 10.2 Å². The molecule has 1 fully saturated rings. The van der Waals surface area contributed by atoms with E-state index in [-0.39, 0.29) is 5.60 Å². The van der Waals surface area contributed by atoms with Crippen LogP contribution in [-0.2, 0) is 4.74 Å². The van der Waals surface area contributed by atoms with Crippen LogP contribution in [0, 0.1) is 5.92 Å². The number of piperidine rings is 1. The lowest BCUT2D eigenvalue weighted by molar-refractivity contribution is 0.00602. The van der Waals surface area contributed by atoms with Gasteiger partial charge < -0.3 is 15.0 Å². The number of nitrogens with zero attached hydrogens (tertiary/aromatic N) is 1. The largest absolute Gasteiger partial charge is 0.379 e. The van der Waals surface area contributed by atoms with E-state index in [1.54, 1.807) is 7.11 Å². The molecule has 1 aliphatic rings. The average Bonchev–Trinajstić information content (AvgIpc) is 2.21. The molecule has 3 nitrogen and oxygen atoms in total. The zero-order chi connectivity index (χ0) is 13.1. The lowest BCUT2D eigenvalue weighted by atomic mass is 9.92. The van der Waals surface area contributed by atoms with Crippen LogP contribution in [0.15, 0.2) is 0 Å². The van der Waals surface area contributed by atoms with Crippen LogP contribution in [0.3, 0.4) is 0 Å². The van der Waals surface area contributed by atoms with Gasteiger partial charge in [-0.1, -0.05) is 6.92 Å². The van der Waals surface area contributed by atoms with Crippen LogP contribution in [0.5, 0.6) is 0 Å². The second kappa shape index (κ2) is 6.17. The topological polar surface area (TPSA) is 24.5 Å². The third kappa shape index (κ3) is 4.94. The van der Waals surface area contributed by atoms with Gasteiger partial charge in [0.05, 0.1) is 5.60 Å². The number of ether oxygens (including phenoxy) is 1. The Balaban J connectivity index is 2.38. The third-order valence-corrected chi connectivity index (χ3v) is 3.96. The predicted molar refractivity (Wildman–Crippen MR) is 73.4 cm³/mol. The van der Waals surface area contributed by atoms with Gasteiger partial charge >= 0.3 is 0 Å². The van der Waals surface area contributed by atoms with Gasteiger partial charge in [0.15, 0.2) is 0 Å². The van der Waals surface area contributed by atoms with Gasteiger partial charge in [0.25, 0.3) is 0 Å². The summed E-state index contributed by atoms with van der Waals surface area (Å²) in [4.78, 5) is 2.42. The van der Waals surface area contributed by atoms with E-state index in [1.165, 1.54) is 19.5 Å². The molecule has 3 atom stereocenters.